The van der Waals surface area contributed by atoms with Crippen molar-refractivity contribution < 1.29 is 9.47 Å². The summed E-state index contributed by atoms with van der Waals surface area (Å²) in [5.74, 6) is 2.71. The SMILES string of the molecule is ClCc1ccc(OCc2ccc(COc3ccc(CCl)cc3)cc2)cc1. The lowest BCUT2D eigenvalue weighted by molar-refractivity contribution is 0.302. The second-order valence-corrected chi connectivity index (χ2v) is 6.48. The number of ether oxygens (including phenoxy) is 2. The Morgan fingerprint density at radius 3 is 1.08 bits per heavy atom. The molecule has 0 radical (unpaired) electrons. The van der Waals surface area contributed by atoms with E-state index in [1.165, 1.54) is 0 Å². The monoisotopic (exact) mass is 386 g/mol. The van der Waals surface area contributed by atoms with Gasteiger partial charge in [0.1, 0.15) is 24.7 Å². The minimum Gasteiger partial charge on any atom is -0.489 e. The Kier molecular flexibility index (Phi) is 6.82. The van der Waals surface area contributed by atoms with Crippen molar-refractivity contribution in [2.75, 3.05) is 0 Å². The third-order valence-electron chi connectivity index (χ3n) is 3.99. The standard InChI is InChI=1S/C22H20Cl2O2/c23-13-17-5-9-21(10-6-17)25-15-19-1-2-20(4-3-19)16-26-22-11-7-18(14-24)8-12-22/h1-12H,13-16H2. The van der Waals surface area contributed by atoms with Gasteiger partial charge in [0.05, 0.1) is 0 Å². The van der Waals surface area contributed by atoms with Gasteiger partial charge in [-0.3, -0.25) is 0 Å². The number of halogens is 2. The predicted molar refractivity (Wildman–Crippen MR) is 107 cm³/mol. The van der Waals surface area contributed by atoms with Gasteiger partial charge in [0.25, 0.3) is 0 Å². The lowest BCUT2D eigenvalue weighted by Crippen LogP contribution is -1.98. The lowest BCUT2D eigenvalue weighted by Gasteiger charge is -2.09. The number of hydrogen-bond donors (Lipinski definition) is 0. The van der Waals surface area contributed by atoms with Crippen molar-refractivity contribution in [1.29, 1.82) is 0 Å². The van der Waals surface area contributed by atoms with E-state index in [2.05, 4.69) is 24.3 Å². The number of benzene rings is 3. The molecule has 0 saturated carbocycles. The van der Waals surface area contributed by atoms with Crippen LogP contribution in [0.2, 0.25) is 0 Å². The van der Waals surface area contributed by atoms with Gasteiger partial charge in [-0.1, -0.05) is 48.5 Å². The van der Waals surface area contributed by atoms with E-state index in [0.717, 1.165) is 33.8 Å². The molecule has 0 bridgehead atoms. The zero-order chi connectivity index (χ0) is 18.2. The molecule has 0 N–H and O–H groups in total. The van der Waals surface area contributed by atoms with Crippen LogP contribution in [0.3, 0.4) is 0 Å². The molecule has 0 amide bonds. The number of hydrogen-bond acceptors (Lipinski definition) is 2. The van der Waals surface area contributed by atoms with Crippen LogP contribution in [0.15, 0.2) is 72.8 Å². The maximum atomic E-state index is 5.80. The molecular formula is C22H20Cl2O2. The smallest absolute Gasteiger partial charge is 0.119 e. The zero-order valence-corrected chi connectivity index (χ0v) is 15.8. The molecule has 0 heterocycles. The molecule has 0 atom stereocenters. The summed E-state index contributed by atoms with van der Waals surface area (Å²) in [6, 6.07) is 23.9. The minimum atomic E-state index is 0.515. The number of alkyl halides is 2. The van der Waals surface area contributed by atoms with Crippen LogP contribution in [0, 0.1) is 0 Å². The summed E-state index contributed by atoms with van der Waals surface area (Å²) in [5, 5.41) is 0. The predicted octanol–water partition coefficient (Wildman–Crippen LogP) is 6.32. The second-order valence-electron chi connectivity index (χ2n) is 5.95. The van der Waals surface area contributed by atoms with Crippen molar-refractivity contribution in [2.24, 2.45) is 0 Å². The van der Waals surface area contributed by atoms with E-state index >= 15 is 0 Å². The average Bonchev–Trinajstić information content (AvgIpc) is 2.72. The van der Waals surface area contributed by atoms with Gasteiger partial charge in [0.2, 0.25) is 0 Å². The van der Waals surface area contributed by atoms with E-state index < -0.39 is 0 Å². The molecule has 0 aliphatic heterocycles. The minimum absolute atomic E-state index is 0.515. The van der Waals surface area contributed by atoms with Crippen molar-refractivity contribution in [2.45, 2.75) is 25.0 Å². The Morgan fingerprint density at radius 1 is 0.462 bits per heavy atom. The van der Waals surface area contributed by atoms with E-state index in [0.29, 0.717) is 25.0 Å². The van der Waals surface area contributed by atoms with Crippen molar-refractivity contribution in [3.8, 4) is 11.5 Å². The molecule has 0 aliphatic carbocycles. The van der Waals surface area contributed by atoms with Crippen LogP contribution in [0.25, 0.3) is 0 Å². The van der Waals surface area contributed by atoms with Gasteiger partial charge in [-0.05, 0) is 46.5 Å². The fourth-order valence-electron chi connectivity index (χ4n) is 2.41. The highest BCUT2D eigenvalue weighted by Crippen LogP contribution is 2.17. The quantitative estimate of drug-likeness (QED) is 0.421. The zero-order valence-electron chi connectivity index (χ0n) is 14.3. The topological polar surface area (TPSA) is 18.5 Å². The molecule has 0 aromatic heterocycles. The molecule has 134 valence electrons. The van der Waals surface area contributed by atoms with Crippen molar-refractivity contribution in [3.05, 3.63) is 95.1 Å². The first-order valence-electron chi connectivity index (χ1n) is 8.40. The molecule has 3 aromatic carbocycles. The Morgan fingerprint density at radius 2 is 0.769 bits per heavy atom. The van der Waals surface area contributed by atoms with Crippen LogP contribution in [0.4, 0.5) is 0 Å². The Balaban J connectivity index is 1.49. The van der Waals surface area contributed by atoms with Crippen LogP contribution < -0.4 is 9.47 Å². The third-order valence-corrected chi connectivity index (χ3v) is 4.61. The summed E-state index contributed by atoms with van der Waals surface area (Å²) in [7, 11) is 0. The molecule has 3 rings (SSSR count). The largest absolute Gasteiger partial charge is 0.489 e. The lowest BCUT2D eigenvalue weighted by atomic mass is 10.1. The Hall–Kier alpha value is -2.16. The van der Waals surface area contributed by atoms with Crippen LogP contribution in [0.1, 0.15) is 22.3 Å². The molecule has 4 heteroatoms. The molecular weight excluding hydrogens is 367 g/mol. The van der Waals surface area contributed by atoms with Gasteiger partial charge >= 0.3 is 0 Å². The first-order valence-corrected chi connectivity index (χ1v) is 9.47. The summed E-state index contributed by atoms with van der Waals surface area (Å²) in [4.78, 5) is 0. The Bertz CT molecular complexity index is 727. The van der Waals surface area contributed by atoms with Crippen LogP contribution in [-0.4, -0.2) is 0 Å². The molecule has 3 aromatic rings. The van der Waals surface area contributed by atoms with E-state index in [1.807, 2.05) is 48.5 Å². The summed E-state index contributed by atoms with van der Waals surface area (Å²) in [5.41, 5.74) is 4.39. The van der Waals surface area contributed by atoms with E-state index in [4.69, 9.17) is 32.7 Å². The highest BCUT2D eigenvalue weighted by Gasteiger charge is 2.00. The molecule has 0 aliphatic rings. The van der Waals surface area contributed by atoms with Gasteiger partial charge in [0.15, 0.2) is 0 Å². The van der Waals surface area contributed by atoms with Crippen LogP contribution in [-0.2, 0) is 25.0 Å². The molecule has 0 fully saturated rings. The summed E-state index contributed by atoms with van der Waals surface area (Å²) >= 11 is 11.6. The molecule has 2 nitrogen and oxygen atoms in total. The summed E-state index contributed by atoms with van der Waals surface area (Å²) in [6.07, 6.45) is 0. The van der Waals surface area contributed by atoms with E-state index in [1.54, 1.807) is 0 Å². The summed E-state index contributed by atoms with van der Waals surface area (Å²) in [6.45, 7) is 1.06. The van der Waals surface area contributed by atoms with E-state index in [9.17, 15) is 0 Å². The van der Waals surface area contributed by atoms with Gasteiger partial charge in [-0.25, -0.2) is 0 Å². The maximum absolute atomic E-state index is 5.80. The van der Waals surface area contributed by atoms with Gasteiger partial charge in [0, 0.05) is 11.8 Å². The number of rotatable bonds is 8. The molecule has 0 unspecified atom stereocenters. The van der Waals surface area contributed by atoms with Crippen LogP contribution in [0.5, 0.6) is 11.5 Å². The van der Waals surface area contributed by atoms with Crippen molar-refractivity contribution >= 4 is 23.2 Å². The van der Waals surface area contributed by atoms with Crippen LogP contribution >= 0.6 is 23.2 Å². The van der Waals surface area contributed by atoms with Gasteiger partial charge in [-0.2, -0.15) is 0 Å². The fourth-order valence-corrected chi connectivity index (χ4v) is 2.77. The van der Waals surface area contributed by atoms with E-state index in [-0.39, 0.29) is 0 Å². The van der Waals surface area contributed by atoms with Gasteiger partial charge in [-0.15, -0.1) is 23.2 Å². The second kappa shape index (κ2) is 9.51. The average molecular weight is 387 g/mol. The van der Waals surface area contributed by atoms with Crippen molar-refractivity contribution in [1.82, 2.24) is 0 Å². The molecule has 0 saturated heterocycles. The maximum Gasteiger partial charge on any atom is 0.119 e. The third kappa shape index (κ3) is 5.42. The van der Waals surface area contributed by atoms with Gasteiger partial charge < -0.3 is 9.47 Å². The normalized spacial score (nSPS) is 10.5. The fraction of sp³-hybridized carbons (Fsp3) is 0.182. The van der Waals surface area contributed by atoms with Crippen molar-refractivity contribution in [3.63, 3.8) is 0 Å². The molecule has 0 spiro atoms. The molecule has 26 heavy (non-hydrogen) atoms. The highest BCUT2D eigenvalue weighted by molar-refractivity contribution is 6.17. The first-order chi connectivity index (χ1) is 12.8. The summed E-state index contributed by atoms with van der Waals surface area (Å²) < 4.78 is 11.6. The first kappa shape index (κ1) is 18.6. The highest BCUT2D eigenvalue weighted by atomic mass is 35.5. The Labute approximate surface area is 164 Å².